The van der Waals surface area contributed by atoms with Gasteiger partial charge in [-0.2, -0.15) is 0 Å². The summed E-state index contributed by atoms with van der Waals surface area (Å²) in [6.07, 6.45) is 0.638. The molecule has 0 aliphatic heterocycles. The minimum Gasteiger partial charge on any atom is -0.504 e. The molecule has 2 aromatic carbocycles. The van der Waals surface area contributed by atoms with Crippen molar-refractivity contribution in [2.24, 2.45) is 0 Å². The zero-order valence-electron chi connectivity index (χ0n) is 14.8. The second kappa shape index (κ2) is 8.96. The Kier molecular flexibility index (Phi) is 6.68. The molecule has 0 fully saturated rings. The van der Waals surface area contributed by atoms with E-state index < -0.39 is 0 Å². The minimum absolute atomic E-state index is 0.0609. The first kappa shape index (κ1) is 19.4. The molecule has 26 heavy (non-hydrogen) atoms. The maximum atomic E-state index is 12.2. The Morgan fingerprint density at radius 1 is 1.08 bits per heavy atom. The number of aromatic hydroxyl groups is 2. The SMILES string of the molecule is COc1cc(CCNC(=O)Cc2ccc(O)c(OC)c2CO)ccc1O. The number of carbonyl (C=O) groups excluding carboxylic acids is 1. The van der Waals surface area contributed by atoms with E-state index in [1.165, 1.54) is 20.3 Å². The summed E-state index contributed by atoms with van der Waals surface area (Å²) in [5, 5.41) is 31.6. The van der Waals surface area contributed by atoms with Gasteiger partial charge in [0.05, 0.1) is 27.2 Å². The van der Waals surface area contributed by atoms with Crippen LogP contribution in [0.25, 0.3) is 0 Å². The van der Waals surface area contributed by atoms with Crippen LogP contribution in [0.3, 0.4) is 0 Å². The summed E-state index contributed by atoms with van der Waals surface area (Å²) in [5.74, 6) is 0.338. The fourth-order valence-electron chi connectivity index (χ4n) is 2.68. The van der Waals surface area contributed by atoms with Crippen molar-refractivity contribution in [3.63, 3.8) is 0 Å². The van der Waals surface area contributed by atoms with Crippen molar-refractivity contribution in [1.82, 2.24) is 5.32 Å². The molecule has 0 unspecified atom stereocenters. The third-order valence-corrected chi connectivity index (χ3v) is 4.03. The summed E-state index contributed by atoms with van der Waals surface area (Å²) in [7, 11) is 2.87. The van der Waals surface area contributed by atoms with Crippen LogP contribution >= 0.6 is 0 Å². The monoisotopic (exact) mass is 361 g/mol. The fourth-order valence-corrected chi connectivity index (χ4v) is 2.68. The quantitative estimate of drug-likeness (QED) is 0.568. The second-order valence-corrected chi connectivity index (χ2v) is 5.70. The second-order valence-electron chi connectivity index (χ2n) is 5.70. The molecule has 140 valence electrons. The maximum Gasteiger partial charge on any atom is 0.224 e. The lowest BCUT2D eigenvalue weighted by molar-refractivity contribution is -0.120. The number of methoxy groups -OCH3 is 2. The van der Waals surface area contributed by atoms with Crippen molar-refractivity contribution in [3.8, 4) is 23.0 Å². The lowest BCUT2D eigenvalue weighted by atomic mass is 10.0. The number of rotatable bonds is 8. The molecule has 0 heterocycles. The molecular formula is C19H23NO6. The molecule has 0 saturated carbocycles. The molecule has 0 saturated heterocycles. The molecule has 2 rings (SSSR count). The van der Waals surface area contributed by atoms with Gasteiger partial charge >= 0.3 is 0 Å². The zero-order chi connectivity index (χ0) is 19.1. The summed E-state index contributed by atoms with van der Waals surface area (Å²) >= 11 is 0. The molecule has 1 amide bonds. The van der Waals surface area contributed by atoms with Gasteiger partial charge in [-0.25, -0.2) is 0 Å². The van der Waals surface area contributed by atoms with E-state index in [4.69, 9.17) is 9.47 Å². The van der Waals surface area contributed by atoms with Gasteiger partial charge in [-0.05, 0) is 35.7 Å². The summed E-state index contributed by atoms with van der Waals surface area (Å²) in [4.78, 5) is 12.2. The first-order valence-corrected chi connectivity index (χ1v) is 8.11. The number of hydrogen-bond acceptors (Lipinski definition) is 6. The molecule has 0 aliphatic carbocycles. The zero-order valence-corrected chi connectivity index (χ0v) is 14.8. The van der Waals surface area contributed by atoms with E-state index in [-0.39, 0.29) is 36.2 Å². The van der Waals surface area contributed by atoms with Crippen LogP contribution in [0.1, 0.15) is 16.7 Å². The van der Waals surface area contributed by atoms with Gasteiger partial charge < -0.3 is 30.1 Å². The number of ether oxygens (including phenoxy) is 2. The summed E-state index contributed by atoms with van der Waals surface area (Å²) in [6, 6.07) is 8.05. The smallest absolute Gasteiger partial charge is 0.224 e. The third-order valence-electron chi connectivity index (χ3n) is 4.03. The van der Waals surface area contributed by atoms with E-state index in [1.807, 2.05) is 0 Å². The van der Waals surface area contributed by atoms with Gasteiger partial charge in [0, 0.05) is 12.1 Å². The van der Waals surface area contributed by atoms with Crippen LogP contribution in [-0.2, 0) is 24.2 Å². The van der Waals surface area contributed by atoms with Gasteiger partial charge in [-0.15, -0.1) is 0 Å². The maximum absolute atomic E-state index is 12.2. The number of carbonyl (C=O) groups is 1. The average molecular weight is 361 g/mol. The Bertz CT molecular complexity index is 775. The predicted molar refractivity (Wildman–Crippen MR) is 95.7 cm³/mol. The van der Waals surface area contributed by atoms with Crippen molar-refractivity contribution in [1.29, 1.82) is 0 Å². The minimum atomic E-state index is -0.340. The van der Waals surface area contributed by atoms with Gasteiger partial charge in [-0.3, -0.25) is 4.79 Å². The number of aliphatic hydroxyl groups excluding tert-OH is 1. The lowest BCUT2D eigenvalue weighted by Crippen LogP contribution is -2.27. The average Bonchev–Trinajstić information content (AvgIpc) is 2.64. The molecule has 7 heteroatoms. The molecule has 0 aromatic heterocycles. The van der Waals surface area contributed by atoms with Crippen molar-refractivity contribution in [2.75, 3.05) is 20.8 Å². The topological polar surface area (TPSA) is 108 Å². The summed E-state index contributed by atoms with van der Waals surface area (Å²) in [6.45, 7) is 0.0733. The van der Waals surface area contributed by atoms with E-state index in [1.54, 1.807) is 24.3 Å². The van der Waals surface area contributed by atoms with E-state index in [0.717, 1.165) is 5.56 Å². The van der Waals surface area contributed by atoms with Gasteiger partial charge in [0.2, 0.25) is 5.91 Å². The third kappa shape index (κ3) is 4.58. The highest BCUT2D eigenvalue weighted by Gasteiger charge is 2.15. The number of amides is 1. The van der Waals surface area contributed by atoms with Crippen LogP contribution in [0.5, 0.6) is 23.0 Å². The molecule has 0 radical (unpaired) electrons. The molecule has 0 atom stereocenters. The number of hydrogen-bond donors (Lipinski definition) is 4. The number of phenolic OH excluding ortho intramolecular Hbond substituents is 2. The van der Waals surface area contributed by atoms with Crippen molar-refractivity contribution < 1.29 is 29.6 Å². The van der Waals surface area contributed by atoms with Crippen molar-refractivity contribution in [3.05, 3.63) is 47.0 Å². The van der Waals surface area contributed by atoms with E-state index in [2.05, 4.69) is 5.32 Å². The van der Waals surface area contributed by atoms with Crippen LogP contribution < -0.4 is 14.8 Å². The van der Waals surface area contributed by atoms with Crippen LogP contribution in [0.2, 0.25) is 0 Å². The van der Waals surface area contributed by atoms with Gasteiger partial charge in [0.15, 0.2) is 23.0 Å². The van der Waals surface area contributed by atoms with Crippen LogP contribution in [0, 0.1) is 0 Å². The van der Waals surface area contributed by atoms with Gasteiger partial charge in [-0.1, -0.05) is 12.1 Å². The highest BCUT2D eigenvalue weighted by Crippen LogP contribution is 2.32. The first-order valence-electron chi connectivity index (χ1n) is 8.11. The Labute approximate surface area is 151 Å². The van der Waals surface area contributed by atoms with E-state index >= 15 is 0 Å². The number of aliphatic hydroxyl groups is 1. The van der Waals surface area contributed by atoms with Gasteiger partial charge in [0.25, 0.3) is 0 Å². The number of phenols is 2. The molecule has 0 aliphatic rings. The van der Waals surface area contributed by atoms with Crippen LogP contribution in [-0.4, -0.2) is 42.0 Å². The Balaban J connectivity index is 1.95. The van der Waals surface area contributed by atoms with Gasteiger partial charge in [0.1, 0.15) is 0 Å². The molecule has 4 N–H and O–H groups in total. The normalized spacial score (nSPS) is 10.4. The first-order chi connectivity index (χ1) is 12.5. The molecule has 0 spiro atoms. The van der Waals surface area contributed by atoms with E-state index in [9.17, 15) is 20.1 Å². The highest BCUT2D eigenvalue weighted by atomic mass is 16.5. The highest BCUT2D eigenvalue weighted by molar-refractivity contribution is 5.79. The molecular weight excluding hydrogens is 338 g/mol. The van der Waals surface area contributed by atoms with Crippen molar-refractivity contribution in [2.45, 2.75) is 19.4 Å². The van der Waals surface area contributed by atoms with Crippen molar-refractivity contribution >= 4 is 5.91 Å². The van der Waals surface area contributed by atoms with Crippen LogP contribution in [0.15, 0.2) is 30.3 Å². The Morgan fingerprint density at radius 2 is 1.81 bits per heavy atom. The molecule has 2 aromatic rings. The number of benzene rings is 2. The predicted octanol–water partition coefficient (Wildman–Crippen LogP) is 1.51. The Hall–Kier alpha value is -2.93. The van der Waals surface area contributed by atoms with E-state index in [0.29, 0.717) is 29.8 Å². The Morgan fingerprint density at radius 3 is 2.46 bits per heavy atom. The molecule has 0 bridgehead atoms. The largest absolute Gasteiger partial charge is 0.504 e. The summed E-state index contributed by atoms with van der Waals surface area (Å²) in [5.41, 5.74) is 1.90. The number of nitrogens with one attached hydrogen (secondary N) is 1. The molecule has 7 nitrogen and oxygen atoms in total. The lowest BCUT2D eigenvalue weighted by Gasteiger charge is -2.13. The standard InChI is InChI=1S/C19H23NO6/c1-25-17-9-12(3-5-15(17)22)7-8-20-18(24)10-13-4-6-16(23)19(26-2)14(13)11-21/h3-6,9,21-23H,7-8,10-11H2,1-2H3,(H,20,24). The van der Waals surface area contributed by atoms with Crippen LogP contribution in [0.4, 0.5) is 0 Å². The summed E-state index contributed by atoms with van der Waals surface area (Å²) < 4.78 is 10.1. The fraction of sp³-hybridized carbons (Fsp3) is 0.316.